The molecule has 0 unspecified atom stereocenters. The lowest BCUT2D eigenvalue weighted by Gasteiger charge is -2.11. The molecule has 6 heteroatoms. The molecule has 2 aromatic heterocycles. The second-order valence-electron chi connectivity index (χ2n) is 5.02. The summed E-state index contributed by atoms with van der Waals surface area (Å²) >= 11 is 0. The molecule has 3 rings (SSSR count). The van der Waals surface area contributed by atoms with Gasteiger partial charge in [0.1, 0.15) is 0 Å². The smallest absolute Gasteiger partial charge is 0.247 e. The maximum absolute atomic E-state index is 13.4. The lowest BCUT2D eigenvalue weighted by molar-refractivity contribution is -0.136. The Labute approximate surface area is 125 Å². The molecule has 0 aliphatic rings. The molecule has 0 saturated carbocycles. The maximum atomic E-state index is 13.4. The lowest BCUT2D eigenvalue weighted by atomic mass is 10.1. The number of aryl methyl sites for hydroxylation is 2. The van der Waals surface area contributed by atoms with Gasteiger partial charge in [-0.15, -0.1) is 0 Å². The Balaban J connectivity index is 2.38. The summed E-state index contributed by atoms with van der Waals surface area (Å²) in [7, 11) is 0. The summed E-state index contributed by atoms with van der Waals surface area (Å²) in [6.45, 7) is 3.87. The van der Waals surface area contributed by atoms with Gasteiger partial charge in [0.2, 0.25) is 0 Å². The Morgan fingerprint density at radius 3 is 2.41 bits per heavy atom. The molecule has 0 amide bonds. The van der Waals surface area contributed by atoms with Gasteiger partial charge >= 0.3 is 6.18 Å². The first kappa shape index (κ1) is 14.6. The van der Waals surface area contributed by atoms with E-state index in [9.17, 15) is 13.2 Å². The zero-order chi connectivity index (χ0) is 15.9. The van der Waals surface area contributed by atoms with Crippen molar-refractivity contribution in [2.24, 2.45) is 0 Å². The molecule has 0 saturated heterocycles. The molecular weight excluding hydrogens is 291 g/mol. The maximum Gasteiger partial charge on any atom is 0.417 e. The predicted molar refractivity (Wildman–Crippen MR) is 78.4 cm³/mol. The summed E-state index contributed by atoms with van der Waals surface area (Å²) < 4.78 is 41.8. The van der Waals surface area contributed by atoms with E-state index in [-0.39, 0.29) is 11.0 Å². The quantitative estimate of drug-likeness (QED) is 0.700. The molecule has 0 bridgehead atoms. The highest BCUT2D eigenvalue weighted by Gasteiger charge is 2.35. The van der Waals surface area contributed by atoms with Crippen LogP contribution in [0.3, 0.4) is 0 Å². The highest BCUT2D eigenvalue weighted by atomic mass is 19.4. The van der Waals surface area contributed by atoms with Crippen LogP contribution in [0.25, 0.3) is 22.3 Å². The number of halogens is 3. The average Bonchev–Trinajstić information content (AvgIpc) is 2.83. The van der Waals surface area contributed by atoms with Gasteiger partial charge in [-0.1, -0.05) is 30.3 Å². The van der Waals surface area contributed by atoms with Gasteiger partial charge in [-0.25, -0.2) is 9.67 Å². The minimum atomic E-state index is -4.45. The van der Waals surface area contributed by atoms with Crippen LogP contribution in [0.1, 0.15) is 18.2 Å². The van der Waals surface area contributed by atoms with Crippen molar-refractivity contribution >= 4 is 11.0 Å². The van der Waals surface area contributed by atoms with Crippen LogP contribution in [0.5, 0.6) is 0 Å². The molecule has 114 valence electrons. The van der Waals surface area contributed by atoms with E-state index in [4.69, 9.17) is 0 Å². The number of pyridine rings is 1. The summed E-state index contributed by atoms with van der Waals surface area (Å²) in [6, 6.07) is 9.95. The number of benzene rings is 1. The molecule has 0 radical (unpaired) electrons. The van der Waals surface area contributed by atoms with E-state index in [1.165, 1.54) is 4.68 Å². The normalized spacial score (nSPS) is 12.0. The van der Waals surface area contributed by atoms with Crippen molar-refractivity contribution in [1.29, 1.82) is 0 Å². The van der Waals surface area contributed by atoms with Gasteiger partial charge in [0, 0.05) is 12.1 Å². The molecule has 0 N–H and O–H groups in total. The predicted octanol–water partition coefficient (Wildman–Crippen LogP) is 4.45. The van der Waals surface area contributed by atoms with Crippen molar-refractivity contribution in [1.82, 2.24) is 14.8 Å². The standard InChI is InChI=1S/C16H14F3N3/c1-3-22-15-14(10(2)21-22)12(16(17,18)19)9-13(20-15)11-7-5-4-6-8-11/h4-9H,3H2,1-2H3. The number of alkyl halides is 3. The van der Waals surface area contributed by atoms with Crippen LogP contribution >= 0.6 is 0 Å². The third-order valence-corrected chi connectivity index (χ3v) is 3.55. The third kappa shape index (κ3) is 2.34. The molecule has 3 aromatic rings. The minimum absolute atomic E-state index is 0.0778. The summed E-state index contributed by atoms with van der Waals surface area (Å²) in [4.78, 5) is 4.41. The van der Waals surface area contributed by atoms with Crippen LogP contribution in [0.4, 0.5) is 13.2 Å². The van der Waals surface area contributed by atoms with Crippen molar-refractivity contribution < 1.29 is 13.2 Å². The topological polar surface area (TPSA) is 30.7 Å². The number of fused-ring (bicyclic) bond motifs is 1. The van der Waals surface area contributed by atoms with E-state index in [0.717, 1.165) is 6.07 Å². The monoisotopic (exact) mass is 305 g/mol. The van der Waals surface area contributed by atoms with Crippen LogP contribution in [0.15, 0.2) is 36.4 Å². The zero-order valence-electron chi connectivity index (χ0n) is 12.1. The molecule has 0 fully saturated rings. The van der Waals surface area contributed by atoms with Gasteiger partial charge in [-0.2, -0.15) is 18.3 Å². The second-order valence-corrected chi connectivity index (χ2v) is 5.02. The van der Waals surface area contributed by atoms with Crippen molar-refractivity contribution in [3.8, 4) is 11.3 Å². The summed E-state index contributed by atoms with van der Waals surface area (Å²) in [5, 5.41) is 4.25. The van der Waals surface area contributed by atoms with E-state index in [1.54, 1.807) is 31.2 Å². The number of nitrogens with zero attached hydrogens (tertiary/aromatic N) is 3. The van der Waals surface area contributed by atoms with E-state index in [0.29, 0.717) is 23.5 Å². The van der Waals surface area contributed by atoms with Gasteiger partial charge in [-0.3, -0.25) is 0 Å². The molecule has 22 heavy (non-hydrogen) atoms. The van der Waals surface area contributed by atoms with E-state index in [2.05, 4.69) is 10.1 Å². The van der Waals surface area contributed by atoms with Gasteiger partial charge < -0.3 is 0 Å². The number of hydrogen-bond acceptors (Lipinski definition) is 2. The molecule has 0 aliphatic heterocycles. The van der Waals surface area contributed by atoms with E-state index in [1.807, 2.05) is 13.0 Å². The van der Waals surface area contributed by atoms with Crippen LogP contribution in [0.2, 0.25) is 0 Å². The Kier molecular flexibility index (Phi) is 3.39. The van der Waals surface area contributed by atoms with Crippen LogP contribution < -0.4 is 0 Å². The largest absolute Gasteiger partial charge is 0.417 e. The Morgan fingerprint density at radius 2 is 1.82 bits per heavy atom. The van der Waals surface area contributed by atoms with Crippen LogP contribution in [0, 0.1) is 6.92 Å². The fraction of sp³-hybridized carbons (Fsp3) is 0.250. The first-order chi connectivity index (χ1) is 10.4. The Morgan fingerprint density at radius 1 is 1.14 bits per heavy atom. The molecule has 0 atom stereocenters. The van der Waals surface area contributed by atoms with Crippen molar-refractivity contribution in [3.63, 3.8) is 0 Å². The second kappa shape index (κ2) is 5.12. The molecular formula is C16H14F3N3. The number of aromatic nitrogens is 3. The number of hydrogen-bond donors (Lipinski definition) is 0. The summed E-state index contributed by atoms with van der Waals surface area (Å²) in [5.74, 6) is 0. The van der Waals surface area contributed by atoms with Gasteiger partial charge in [-0.05, 0) is 19.9 Å². The first-order valence-corrected chi connectivity index (χ1v) is 6.92. The van der Waals surface area contributed by atoms with Crippen molar-refractivity contribution in [3.05, 3.63) is 47.7 Å². The van der Waals surface area contributed by atoms with Crippen LogP contribution in [-0.2, 0) is 12.7 Å². The molecule has 0 aliphatic carbocycles. The number of rotatable bonds is 2. The summed E-state index contributed by atoms with van der Waals surface area (Å²) in [5.41, 5.74) is 0.880. The van der Waals surface area contributed by atoms with Gasteiger partial charge in [0.05, 0.1) is 22.3 Å². The SMILES string of the molecule is CCn1nc(C)c2c(C(F)(F)F)cc(-c3ccccc3)nc21. The molecule has 0 spiro atoms. The first-order valence-electron chi connectivity index (χ1n) is 6.92. The van der Waals surface area contributed by atoms with E-state index < -0.39 is 11.7 Å². The third-order valence-electron chi connectivity index (χ3n) is 3.55. The summed E-state index contributed by atoms with van der Waals surface area (Å²) in [6.07, 6.45) is -4.45. The Bertz CT molecular complexity index is 820. The highest BCUT2D eigenvalue weighted by molar-refractivity contribution is 5.85. The molecule has 2 heterocycles. The van der Waals surface area contributed by atoms with Crippen LogP contribution in [-0.4, -0.2) is 14.8 Å². The lowest BCUT2D eigenvalue weighted by Crippen LogP contribution is -2.08. The Hall–Kier alpha value is -2.37. The minimum Gasteiger partial charge on any atom is -0.247 e. The van der Waals surface area contributed by atoms with Gasteiger partial charge in [0.15, 0.2) is 5.65 Å². The van der Waals surface area contributed by atoms with Crippen molar-refractivity contribution in [2.75, 3.05) is 0 Å². The van der Waals surface area contributed by atoms with E-state index >= 15 is 0 Å². The molecule has 1 aromatic carbocycles. The fourth-order valence-electron chi connectivity index (χ4n) is 2.55. The molecule has 3 nitrogen and oxygen atoms in total. The van der Waals surface area contributed by atoms with Crippen molar-refractivity contribution in [2.45, 2.75) is 26.6 Å². The zero-order valence-corrected chi connectivity index (χ0v) is 12.1. The average molecular weight is 305 g/mol. The highest BCUT2D eigenvalue weighted by Crippen LogP contribution is 2.37. The fourth-order valence-corrected chi connectivity index (χ4v) is 2.55. The van der Waals surface area contributed by atoms with Gasteiger partial charge in [0.25, 0.3) is 0 Å².